The number of likely N-dealkylation sites (N-methyl/N-ethyl adjacent to an activating group) is 1. The zero-order valence-corrected chi connectivity index (χ0v) is 12.8. The van der Waals surface area contributed by atoms with Crippen LogP contribution in [0.25, 0.3) is 11.0 Å². The number of amides is 1. The van der Waals surface area contributed by atoms with E-state index in [-0.39, 0.29) is 12.5 Å². The van der Waals surface area contributed by atoms with E-state index < -0.39 is 0 Å². The molecule has 0 N–H and O–H groups in total. The van der Waals surface area contributed by atoms with Crippen LogP contribution < -0.4 is 0 Å². The predicted molar refractivity (Wildman–Crippen MR) is 82.4 cm³/mol. The first-order chi connectivity index (χ1) is 10.7. The summed E-state index contributed by atoms with van der Waals surface area (Å²) < 4.78 is 5.32. The molecular formula is C15H21N5O2. The molecule has 0 atom stereocenters. The lowest BCUT2D eigenvalue weighted by Crippen LogP contribution is -2.42. The van der Waals surface area contributed by atoms with Gasteiger partial charge in [0.25, 0.3) is 0 Å². The number of carbonyl (C=O) groups is 1. The number of ether oxygens (including phenoxy) is 1. The lowest BCUT2D eigenvalue weighted by Gasteiger charge is -2.28. The number of morpholine rings is 1. The number of hydrogen-bond acceptors (Lipinski definition) is 5. The Kier molecular flexibility index (Phi) is 4.65. The Hall–Kier alpha value is -1.99. The average molecular weight is 303 g/mol. The van der Waals surface area contributed by atoms with Crippen molar-refractivity contribution >= 4 is 16.9 Å². The molecule has 1 aromatic heterocycles. The zero-order valence-electron chi connectivity index (χ0n) is 12.8. The van der Waals surface area contributed by atoms with Gasteiger partial charge < -0.3 is 9.64 Å². The highest BCUT2D eigenvalue weighted by atomic mass is 16.5. The lowest BCUT2D eigenvalue weighted by molar-refractivity contribution is -0.131. The van der Waals surface area contributed by atoms with Crippen molar-refractivity contribution in [2.24, 2.45) is 0 Å². The van der Waals surface area contributed by atoms with Crippen LogP contribution in [-0.2, 0) is 16.1 Å². The maximum atomic E-state index is 12.2. The second kappa shape index (κ2) is 6.85. The molecule has 2 heterocycles. The van der Waals surface area contributed by atoms with Crippen molar-refractivity contribution < 1.29 is 9.53 Å². The summed E-state index contributed by atoms with van der Waals surface area (Å²) in [6, 6.07) is 7.62. The van der Waals surface area contributed by atoms with Gasteiger partial charge in [0.15, 0.2) is 0 Å². The Bertz CT molecular complexity index is 603. The van der Waals surface area contributed by atoms with Crippen molar-refractivity contribution in [3.8, 4) is 0 Å². The summed E-state index contributed by atoms with van der Waals surface area (Å²) in [6.07, 6.45) is 0. The van der Waals surface area contributed by atoms with E-state index in [1.165, 1.54) is 4.80 Å². The molecule has 22 heavy (non-hydrogen) atoms. The second-order valence-corrected chi connectivity index (χ2v) is 5.49. The fraction of sp³-hybridized carbons (Fsp3) is 0.533. The van der Waals surface area contributed by atoms with Gasteiger partial charge in [-0.1, -0.05) is 12.1 Å². The van der Waals surface area contributed by atoms with Gasteiger partial charge in [-0.15, -0.1) is 0 Å². The minimum absolute atomic E-state index is 0.0218. The van der Waals surface area contributed by atoms with E-state index in [1.54, 1.807) is 4.90 Å². The molecule has 0 spiro atoms. The van der Waals surface area contributed by atoms with Crippen molar-refractivity contribution in [3.05, 3.63) is 24.3 Å². The molecule has 1 saturated heterocycles. The minimum atomic E-state index is 0.0218. The van der Waals surface area contributed by atoms with Gasteiger partial charge in [0.05, 0.1) is 13.2 Å². The SMILES string of the molecule is CN(CCN1CCOCC1)C(=O)Cn1nc2ccccc2n1. The van der Waals surface area contributed by atoms with Gasteiger partial charge in [-0.25, -0.2) is 0 Å². The Morgan fingerprint density at radius 1 is 1.23 bits per heavy atom. The lowest BCUT2D eigenvalue weighted by atomic mass is 10.3. The Balaban J connectivity index is 1.51. The molecular weight excluding hydrogens is 282 g/mol. The van der Waals surface area contributed by atoms with Crippen LogP contribution in [0.4, 0.5) is 0 Å². The largest absolute Gasteiger partial charge is 0.379 e. The van der Waals surface area contributed by atoms with Gasteiger partial charge in [0.1, 0.15) is 17.6 Å². The highest BCUT2D eigenvalue weighted by molar-refractivity contribution is 5.77. The van der Waals surface area contributed by atoms with Crippen LogP contribution in [0.1, 0.15) is 0 Å². The number of rotatable bonds is 5. The fourth-order valence-electron chi connectivity index (χ4n) is 2.46. The molecule has 7 heteroatoms. The highest BCUT2D eigenvalue weighted by Gasteiger charge is 2.15. The molecule has 0 radical (unpaired) electrons. The molecule has 1 aliphatic heterocycles. The zero-order chi connectivity index (χ0) is 15.4. The Morgan fingerprint density at radius 2 is 1.86 bits per heavy atom. The molecule has 7 nitrogen and oxygen atoms in total. The van der Waals surface area contributed by atoms with Crippen molar-refractivity contribution in [2.45, 2.75) is 6.54 Å². The third kappa shape index (κ3) is 3.61. The molecule has 1 aliphatic rings. The van der Waals surface area contributed by atoms with Gasteiger partial charge in [0.2, 0.25) is 5.91 Å². The first-order valence-electron chi connectivity index (χ1n) is 7.56. The summed E-state index contributed by atoms with van der Waals surface area (Å²) in [5.41, 5.74) is 1.62. The normalized spacial score (nSPS) is 16.0. The topological polar surface area (TPSA) is 63.5 Å². The van der Waals surface area contributed by atoms with E-state index in [0.717, 1.165) is 43.9 Å². The van der Waals surface area contributed by atoms with Crippen LogP contribution >= 0.6 is 0 Å². The third-order valence-corrected chi connectivity index (χ3v) is 3.89. The van der Waals surface area contributed by atoms with Gasteiger partial charge in [-0.05, 0) is 12.1 Å². The molecule has 2 aromatic rings. The summed E-state index contributed by atoms with van der Waals surface area (Å²) in [6.45, 7) is 5.19. The molecule has 1 aromatic carbocycles. The smallest absolute Gasteiger partial charge is 0.245 e. The number of carbonyl (C=O) groups excluding carboxylic acids is 1. The van der Waals surface area contributed by atoms with Crippen molar-refractivity contribution in [3.63, 3.8) is 0 Å². The summed E-state index contributed by atoms with van der Waals surface area (Å²) in [5, 5.41) is 8.63. The second-order valence-electron chi connectivity index (χ2n) is 5.49. The van der Waals surface area contributed by atoms with E-state index in [0.29, 0.717) is 6.54 Å². The van der Waals surface area contributed by atoms with Crippen molar-refractivity contribution in [1.82, 2.24) is 24.8 Å². The summed E-state index contributed by atoms with van der Waals surface area (Å²) in [4.78, 5) is 17.8. The molecule has 1 fully saturated rings. The summed E-state index contributed by atoms with van der Waals surface area (Å²) in [5.74, 6) is 0.0218. The molecule has 0 unspecified atom stereocenters. The number of fused-ring (bicyclic) bond motifs is 1. The maximum Gasteiger partial charge on any atom is 0.245 e. The molecule has 3 rings (SSSR count). The van der Waals surface area contributed by atoms with E-state index in [9.17, 15) is 4.79 Å². The van der Waals surface area contributed by atoms with Gasteiger partial charge >= 0.3 is 0 Å². The van der Waals surface area contributed by atoms with E-state index >= 15 is 0 Å². The van der Waals surface area contributed by atoms with E-state index in [2.05, 4.69) is 15.1 Å². The van der Waals surface area contributed by atoms with Crippen LogP contribution in [0.3, 0.4) is 0 Å². The Labute approximate surface area is 129 Å². The quantitative estimate of drug-likeness (QED) is 0.791. The summed E-state index contributed by atoms with van der Waals surface area (Å²) >= 11 is 0. The van der Waals surface area contributed by atoms with E-state index in [4.69, 9.17) is 4.74 Å². The van der Waals surface area contributed by atoms with Gasteiger partial charge in [0, 0.05) is 33.2 Å². The number of aromatic nitrogens is 3. The predicted octanol–water partition coefficient (Wildman–Crippen LogP) is 0.222. The number of benzene rings is 1. The minimum Gasteiger partial charge on any atom is -0.379 e. The molecule has 1 amide bonds. The monoisotopic (exact) mass is 303 g/mol. The standard InChI is InChI=1S/C15H21N5O2/c1-18(6-7-19-8-10-22-11-9-19)15(21)12-20-16-13-4-2-3-5-14(13)17-20/h2-5H,6-12H2,1H3. The van der Waals surface area contributed by atoms with E-state index in [1.807, 2.05) is 31.3 Å². The fourth-order valence-corrected chi connectivity index (χ4v) is 2.46. The third-order valence-electron chi connectivity index (χ3n) is 3.89. The van der Waals surface area contributed by atoms with Crippen LogP contribution in [0, 0.1) is 0 Å². The molecule has 0 aliphatic carbocycles. The average Bonchev–Trinajstić information content (AvgIpc) is 2.95. The van der Waals surface area contributed by atoms with Gasteiger partial charge in [-0.3, -0.25) is 9.69 Å². The summed E-state index contributed by atoms with van der Waals surface area (Å²) in [7, 11) is 1.83. The number of nitrogens with zero attached hydrogens (tertiary/aromatic N) is 5. The number of hydrogen-bond donors (Lipinski definition) is 0. The first kappa shape index (κ1) is 14.9. The highest BCUT2D eigenvalue weighted by Crippen LogP contribution is 2.07. The molecule has 118 valence electrons. The van der Waals surface area contributed by atoms with Crippen molar-refractivity contribution in [1.29, 1.82) is 0 Å². The Morgan fingerprint density at radius 3 is 2.50 bits per heavy atom. The van der Waals surface area contributed by atoms with Crippen LogP contribution in [0.2, 0.25) is 0 Å². The van der Waals surface area contributed by atoms with Crippen LogP contribution in [0.5, 0.6) is 0 Å². The van der Waals surface area contributed by atoms with Crippen molar-refractivity contribution in [2.75, 3.05) is 46.4 Å². The van der Waals surface area contributed by atoms with Crippen LogP contribution in [-0.4, -0.2) is 77.1 Å². The van der Waals surface area contributed by atoms with Crippen LogP contribution in [0.15, 0.2) is 24.3 Å². The first-order valence-corrected chi connectivity index (χ1v) is 7.56. The molecule has 0 bridgehead atoms. The van der Waals surface area contributed by atoms with Gasteiger partial charge in [-0.2, -0.15) is 15.0 Å². The molecule has 0 saturated carbocycles. The maximum absolute atomic E-state index is 12.2.